The van der Waals surface area contributed by atoms with Gasteiger partial charge in [-0.05, 0) is 34.4 Å². The van der Waals surface area contributed by atoms with Crippen LogP contribution in [0.2, 0.25) is 0 Å². The molecule has 0 radical (unpaired) electrons. The third-order valence-electron chi connectivity index (χ3n) is 6.88. The van der Waals surface area contributed by atoms with Gasteiger partial charge in [-0.2, -0.15) is 0 Å². The topological polar surface area (TPSA) is 106 Å². The zero-order valence-corrected chi connectivity index (χ0v) is 13.5. The molecule has 5 aliphatic rings. The molecule has 0 bridgehead atoms. The normalized spacial score (nSPS) is 42.2. The molecule has 26 heavy (non-hydrogen) atoms. The minimum absolute atomic E-state index is 0.0850. The molecule has 7 rings (SSSR count). The highest BCUT2D eigenvalue weighted by Gasteiger charge is 2.63. The molecule has 0 spiro atoms. The first-order valence-corrected chi connectivity index (χ1v) is 8.96. The number of aliphatic hydroxyl groups is 2. The van der Waals surface area contributed by atoms with Crippen LogP contribution in [0, 0.1) is 0 Å². The van der Waals surface area contributed by atoms with Crippen molar-refractivity contribution in [1.29, 1.82) is 0 Å². The lowest BCUT2D eigenvalue weighted by Crippen LogP contribution is -2.35. The number of hydrogen-bond acceptors (Lipinski definition) is 6. The summed E-state index contributed by atoms with van der Waals surface area (Å²) in [7, 11) is 0. The van der Waals surface area contributed by atoms with Crippen LogP contribution in [0.5, 0.6) is 11.5 Å². The van der Waals surface area contributed by atoms with E-state index in [4.69, 9.17) is 9.47 Å². The van der Waals surface area contributed by atoms with Crippen LogP contribution in [-0.2, 0) is 9.47 Å². The van der Waals surface area contributed by atoms with Crippen molar-refractivity contribution < 1.29 is 29.9 Å². The van der Waals surface area contributed by atoms with E-state index in [2.05, 4.69) is 0 Å². The highest BCUT2D eigenvalue weighted by molar-refractivity contribution is 5.67. The van der Waals surface area contributed by atoms with Crippen molar-refractivity contribution in [3.63, 3.8) is 0 Å². The molecule has 2 heterocycles. The van der Waals surface area contributed by atoms with Crippen LogP contribution in [0.4, 0.5) is 0 Å². The van der Waals surface area contributed by atoms with Gasteiger partial charge in [0, 0.05) is 23.0 Å². The van der Waals surface area contributed by atoms with Gasteiger partial charge in [-0.1, -0.05) is 12.1 Å². The van der Waals surface area contributed by atoms with E-state index in [-0.39, 0.29) is 47.8 Å². The summed E-state index contributed by atoms with van der Waals surface area (Å²) in [5, 5.41) is 42.2. The van der Waals surface area contributed by atoms with Gasteiger partial charge in [0.2, 0.25) is 0 Å². The summed E-state index contributed by atoms with van der Waals surface area (Å²) in [6.07, 6.45) is -2.63. The molecule has 4 N–H and O–H groups in total. The van der Waals surface area contributed by atoms with Crippen LogP contribution >= 0.6 is 0 Å². The molecule has 6 nitrogen and oxygen atoms in total. The van der Waals surface area contributed by atoms with Gasteiger partial charge in [0.1, 0.15) is 35.9 Å². The number of rotatable bonds is 0. The molecule has 3 aliphatic carbocycles. The monoisotopic (exact) mass is 352 g/mol. The number of aromatic hydroxyl groups is 2. The zero-order chi connectivity index (χ0) is 17.5. The minimum Gasteiger partial charge on any atom is -0.508 e. The van der Waals surface area contributed by atoms with Gasteiger partial charge in [-0.3, -0.25) is 0 Å². The SMILES string of the molecule is Oc1ccc2c3c1[C@@H](O)[C@@H]1O[C@@H]1[C@H]3c1ccc(O)c3c1[C@H]2[C@H]1O[C@H]1[C@@H]3O. The van der Waals surface area contributed by atoms with E-state index >= 15 is 0 Å². The number of epoxide rings is 2. The van der Waals surface area contributed by atoms with E-state index in [9.17, 15) is 20.4 Å². The molecule has 0 unspecified atom stereocenters. The quantitative estimate of drug-likeness (QED) is 0.533. The number of phenols is 2. The van der Waals surface area contributed by atoms with E-state index in [0.29, 0.717) is 11.1 Å². The lowest BCUT2D eigenvalue weighted by atomic mass is 9.62. The van der Waals surface area contributed by atoms with Crippen LogP contribution in [0.3, 0.4) is 0 Å². The Morgan fingerprint density at radius 1 is 0.577 bits per heavy atom. The molecule has 2 fully saturated rings. The number of benzene rings is 2. The van der Waals surface area contributed by atoms with Crippen LogP contribution in [-0.4, -0.2) is 44.8 Å². The molecule has 0 aromatic heterocycles. The van der Waals surface area contributed by atoms with Gasteiger partial charge in [-0.25, -0.2) is 0 Å². The predicted octanol–water partition coefficient (Wildman–Crippen LogP) is 1.30. The van der Waals surface area contributed by atoms with E-state index in [1.807, 2.05) is 12.1 Å². The van der Waals surface area contributed by atoms with E-state index in [1.165, 1.54) is 0 Å². The average Bonchev–Trinajstić information content (AvgIpc) is 3.51. The highest BCUT2D eigenvalue weighted by atomic mass is 16.6. The smallest absolute Gasteiger partial charge is 0.121 e. The Bertz CT molecular complexity index is 934. The molecule has 0 amide bonds. The third kappa shape index (κ3) is 1.36. The fraction of sp³-hybridized carbons (Fsp3) is 0.400. The fourth-order valence-corrected chi connectivity index (χ4v) is 5.78. The molecule has 2 saturated heterocycles. The summed E-state index contributed by atoms with van der Waals surface area (Å²) in [6.45, 7) is 0. The second-order valence-electron chi connectivity index (χ2n) is 7.98. The van der Waals surface area contributed by atoms with Crippen molar-refractivity contribution in [2.24, 2.45) is 0 Å². The maximum Gasteiger partial charge on any atom is 0.121 e. The predicted molar refractivity (Wildman–Crippen MR) is 87.1 cm³/mol. The Balaban J connectivity index is 1.61. The third-order valence-corrected chi connectivity index (χ3v) is 6.88. The first-order chi connectivity index (χ1) is 12.6. The summed E-state index contributed by atoms with van der Waals surface area (Å²) < 4.78 is 11.6. The van der Waals surface area contributed by atoms with E-state index < -0.39 is 12.2 Å². The summed E-state index contributed by atoms with van der Waals surface area (Å²) in [4.78, 5) is 0. The number of phenolic OH excluding ortho intramolecular Hbond substituents is 2. The van der Waals surface area contributed by atoms with Crippen molar-refractivity contribution in [2.75, 3.05) is 0 Å². The van der Waals surface area contributed by atoms with Crippen LogP contribution < -0.4 is 0 Å². The van der Waals surface area contributed by atoms with Gasteiger partial charge >= 0.3 is 0 Å². The fourth-order valence-electron chi connectivity index (χ4n) is 5.78. The van der Waals surface area contributed by atoms with Crippen LogP contribution in [0.1, 0.15) is 57.4 Å². The molecule has 8 atom stereocenters. The van der Waals surface area contributed by atoms with Crippen molar-refractivity contribution in [3.8, 4) is 11.5 Å². The van der Waals surface area contributed by atoms with E-state index in [1.54, 1.807) is 12.1 Å². The van der Waals surface area contributed by atoms with Gasteiger partial charge in [0.15, 0.2) is 0 Å². The first-order valence-electron chi connectivity index (χ1n) is 8.96. The van der Waals surface area contributed by atoms with Crippen molar-refractivity contribution in [3.05, 3.63) is 57.6 Å². The van der Waals surface area contributed by atoms with Crippen molar-refractivity contribution >= 4 is 0 Å². The standard InChI is InChI=1S/C20H16O6/c21-7-3-1-5-9-12(18-20(26-18)15(23)13(7)9)6-2-4-8(22)14-10(6)11(5)17-19(25-17)16(14)24/h1-4,11-12,15-24H/t11-,12-,15+,16+,17+,18+,19-,20-/m0/s1. The second kappa shape index (κ2) is 4.07. The molecule has 2 aromatic carbocycles. The molecule has 6 heteroatoms. The molecule has 2 aromatic rings. The van der Waals surface area contributed by atoms with Crippen LogP contribution in [0.25, 0.3) is 0 Å². The number of fused-ring (bicyclic) bond motifs is 6. The first kappa shape index (κ1) is 14.0. The second-order valence-corrected chi connectivity index (χ2v) is 7.98. The Labute approximate surface area is 148 Å². The van der Waals surface area contributed by atoms with Gasteiger partial charge < -0.3 is 29.9 Å². The van der Waals surface area contributed by atoms with E-state index in [0.717, 1.165) is 22.3 Å². The Kier molecular flexibility index (Phi) is 2.19. The largest absolute Gasteiger partial charge is 0.508 e. The average molecular weight is 352 g/mol. The molecule has 132 valence electrons. The van der Waals surface area contributed by atoms with Crippen molar-refractivity contribution in [1.82, 2.24) is 0 Å². The van der Waals surface area contributed by atoms with Crippen molar-refractivity contribution in [2.45, 2.75) is 48.5 Å². The number of ether oxygens (including phenoxy) is 2. The Morgan fingerprint density at radius 3 is 1.42 bits per heavy atom. The van der Waals surface area contributed by atoms with Gasteiger partial charge in [-0.15, -0.1) is 0 Å². The Morgan fingerprint density at radius 2 is 1.00 bits per heavy atom. The zero-order valence-electron chi connectivity index (χ0n) is 13.5. The molecular formula is C20H16O6. The maximum absolute atomic E-state index is 10.7. The molecule has 2 aliphatic heterocycles. The highest BCUT2D eigenvalue weighted by Crippen LogP contribution is 2.65. The summed E-state index contributed by atoms with van der Waals surface area (Å²) in [5.41, 5.74) is 4.95. The summed E-state index contributed by atoms with van der Waals surface area (Å²) in [5.74, 6) is -0.0641. The number of aliphatic hydroxyl groups excluding tert-OH is 2. The van der Waals surface area contributed by atoms with Crippen LogP contribution in [0.15, 0.2) is 24.3 Å². The lowest BCUT2D eigenvalue weighted by Gasteiger charge is -2.40. The maximum atomic E-state index is 10.7. The molecular weight excluding hydrogens is 336 g/mol. The lowest BCUT2D eigenvalue weighted by molar-refractivity contribution is 0.132. The van der Waals surface area contributed by atoms with Gasteiger partial charge in [0.25, 0.3) is 0 Å². The minimum atomic E-state index is -0.838. The number of hydrogen-bond donors (Lipinski definition) is 4. The summed E-state index contributed by atoms with van der Waals surface area (Å²) in [6, 6.07) is 7.00. The summed E-state index contributed by atoms with van der Waals surface area (Å²) >= 11 is 0. The Hall–Kier alpha value is -2.12. The molecule has 0 saturated carbocycles. The van der Waals surface area contributed by atoms with Gasteiger partial charge in [0.05, 0.1) is 12.2 Å².